The number of nitrogens with one attached hydrogen (secondary N) is 1. The Labute approximate surface area is 163 Å². The third-order valence-corrected chi connectivity index (χ3v) is 6.68. The Bertz CT molecular complexity index is 665. The van der Waals surface area contributed by atoms with E-state index in [0.29, 0.717) is 18.5 Å². The first-order valence-electron chi connectivity index (χ1n) is 10.9. The molecule has 2 fully saturated rings. The molecule has 4 rings (SSSR count). The van der Waals surface area contributed by atoms with E-state index in [1.165, 1.54) is 32.1 Å². The van der Waals surface area contributed by atoms with Crippen molar-refractivity contribution in [1.82, 2.24) is 10.2 Å². The van der Waals surface area contributed by atoms with Crippen LogP contribution in [-0.2, 0) is 4.79 Å². The highest BCUT2D eigenvalue weighted by Crippen LogP contribution is 2.35. The van der Waals surface area contributed by atoms with E-state index < -0.39 is 0 Å². The van der Waals surface area contributed by atoms with Gasteiger partial charge in [0.1, 0.15) is 0 Å². The molecular formula is C23H33N3O. The lowest BCUT2D eigenvalue weighted by atomic mass is 9.76. The zero-order chi connectivity index (χ0) is 18.6. The first kappa shape index (κ1) is 18.7. The fourth-order valence-electron chi connectivity index (χ4n) is 4.92. The maximum absolute atomic E-state index is 13.0. The van der Waals surface area contributed by atoms with Gasteiger partial charge in [-0.25, -0.2) is 0 Å². The van der Waals surface area contributed by atoms with Crippen molar-refractivity contribution in [2.24, 2.45) is 16.8 Å². The van der Waals surface area contributed by atoms with Crippen LogP contribution in [0.5, 0.6) is 0 Å². The smallest absolute Gasteiger partial charge is 0.244 e. The Morgan fingerprint density at radius 3 is 2.70 bits per heavy atom. The Morgan fingerprint density at radius 1 is 1.26 bits per heavy atom. The predicted octanol–water partition coefficient (Wildman–Crippen LogP) is 4.01. The van der Waals surface area contributed by atoms with Crippen LogP contribution in [0.4, 0.5) is 0 Å². The molecule has 2 aliphatic heterocycles. The summed E-state index contributed by atoms with van der Waals surface area (Å²) in [6.45, 7) is 3.81. The Balaban J connectivity index is 1.46. The number of amides is 1. The summed E-state index contributed by atoms with van der Waals surface area (Å²) < 4.78 is 0. The molecule has 0 spiro atoms. The second kappa shape index (κ2) is 8.55. The second-order valence-electron chi connectivity index (χ2n) is 8.54. The summed E-state index contributed by atoms with van der Waals surface area (Å²) in [4.78, 5) is 20.0. The highest BCUT2D eigenvalue weighted by Gasteiger charge is 2.33. The first-order valence-corrected chi connectivity index (χ1v) is 10.9. The van der Waals surface area contributed by atoms with Crippen LogP contribution in [0.2, 0.25) is 0 Å². The monoisotopic (exact) mass is 367 g/mol. The van der Waals surface area contributed by atoms with Gasteiger partial charge in [0.05, 0.1) is 24.3 Å². The van der Waals surface area contributed by atoms with Gasteiger partial charge >= 0.3 is 0 Å². The van der Waals surface area contributed by atoms with E-state index in [4.69, 9.17) is 4.99 Å². The molecule has 1 N–H and O–H groups in total. The van der Waals surface area contributed by atoms with Gasteiger partial charge < -0.3 is 10.2 Å². The van der Waals surface area contributed by atoms with E-state index in [9.17, 15) is 4.79 Å². The number of carbonyl (C=O) groups excluding carboxylic acids is 1. The number of rotatable bonds is 5. The van der Waals surface area contributed by atoms with E-state index in [0.717, 1.165) is 43.1 Å². The average Bonchev–Trinajstić information content (AvgIpc) is 2.66. The lowest BCUT2D eigenvalue weighted by molar-refractivity contribution is -0.132. The SMILES string of the molecule is C[C@H]1N=C(CN(C(=O)[C@H]2CCN2)C2=CC=CCC2)C=CC1C1CCCCC1. The zero-order valence-corrected chi connectivity index (χ0v) is 16.6. The van der Waals surface area contributed by atoms with Crippen molar-refractivity contribution in [2.75, 3.05) is 13.1 Å². The van der Waals surface area contributed by atoms with Crippen molar-refractivity contribution in [1.29, 1.82) is 0 Å². The molecule has 1 unspecified atom stereocenters. The number of hydrogen-bond donors (Lipinski definition) is 1. The summed E-state index contributed by atoms with van der Waals surface area (Å²) in [6.07, 6.45) is 20.7. The molecule has 2 aliphatic carbocycles. The maximum atomic E-state index is 13.0. The summed E-state index contributed by atoms with van der Waals surface area (Å²) >= 11 is 0. The molecule has 1 amide bonds. The number of allylic oxidation sites excluding steroid dienone is 4. The molecule has 2 heterocycles. The van der Waals surface area contributed by atoms with Crippen molar-refractivity contribution in [3.8, 4) is 0 Å². The quantitative estimate of drug-likeness (QED) is 0.798. The predicted molar refractivity (Wildman–Crippen MR) is 111 cm³/mol. The van der Waals surface area contributed by atoms with E-state index in [1.54, 1.807) is 0 Å². The standard InChI is InChI=1S/C23H33N3O/c1-17-21(18-8-4-2-5-9-18)13-12-19(25-17)16-26(20-10-6-3-7-11-20)23(27)22-14-15-24-22/h3,6,10,12-13,17-18,21-22,24H,2,4-5,7-9,11,14-16H2,1H3/t17-,21?,22-/m1/s1. The minimum atomic E-state index is -0.0163. The molecule has 1 saturated heterocycles. The van der Waals surface area contributed by atoms with E-state index >= 15 is 0 Å². The molecule has 27 heavy (non-hydrogen) atoms. The largest absolute Gasteiger partial charge is 0.309 e. The Kier molecular flexibility index (Phi) is 5.92. The van der Waals surface area contributed by atoms with Gasteiger partial charge in [0.15, 0.2) is 0 Å². The minimum Gasteiger partial charge on any atom is -0.309 e. The van der Waals surface area contributed by atoms with Crippen LogP contribution in [0.3, 0.4) is 0 Å². The molecule has 0 aromatic carbocycles. The molecule has 1 saturated carbocycles. The number of aliphatic imine (C=N–C) groups is 1. The highest BCUT2D eigenvalue weighted by atomic mass is 16.2. The van der Waals surface area contributed by atoms with E-state index in [2.05, 4.69) is 42.6 Å². The van der Waals surface area contributed by atoms with Crippen molar-refractivity contribution >= 4 is 11.6 Å². The van der Waals surface area contributed by atoms with Crippen molar-refractivity contribution in [3.05, 3.63) is 36.1 Å². The molecule has 0 radical (unpaired) electrons. The number of hydrogen-bond acceptors (Lipinski definition) is 3. The summed E-state index contributed by atoms with van der Waals surface area (Å²) in [5.41, 5.74) is 2.19. The zero-order valence-electron chi connectivity index (χ0n) is 16.6. The van der Waals surface area contributed by atoms with Gasteiger partial charge in [-0.05, 0) is 63.6 Å². The van der Waals surface area contributed by atoms with Crippen molar-refractivity contribution in [2.45, 2.75) is 70.4 Å². The van der Waals surface area contributed by atoms with Gasteiger partial charge in [-0.1, -0.05) is 37.5 Å². The van der Waals surface area contributed by atoms with Crippen LogP contribution < -0.4 is 5.32 Å². The molecular weight excluding hydrogens is 334 g/mol. The minimum absolute atomic E-state index is 0.0163. The van der Waals surface area contributed by atoms with Crippen LogP contribution >= 0.6 is 0 Å². The molecule has 3 atom stereocenters. The van der Waals surface area contributed by atoms with Crippen LogP contribution in [-0.4, -0.2) is 41.7 Å². The van der Waals surface area contributed by atoms with Crippen molar-refractivity contribution < 1.29 is 4.79 Å². The van der Waals surface area contributed by atoms with Gasteiger partial charge in [-0.15, -0.1) is 0 Å². The Hall–Kier alpha value is -1.68. The van der Waals surface area contributed by atoms with Crippen LogP contribution in [0.1, 0.15) is 58.3 Å². The van der Waals surface area contributed by atoms with Crippen LogP contribution in [0.15, 0.2) is 41.1 Å². The molecule has 0 bridgehead atoms. The molecule has 146 valence electrons. The lowest BCUT2D eigenvalue weighted by Gasteiger charge is -2.36. The van der Waals surface area contributed by atoms with Gasteiger partial charge in [0.2, 0.25) is 5.91 Å². The number of dihydropyridines is 1. The highest BCUT2D eigenvalue weighted by molar-refractivity contribution is 6.00. The Morgan fingerprint density at radius 2 is 2.07 bits per heavy atom. The third-order valence-electron chi connectivity index (χ3n) is 6.68. The summed E-state index contributed by atoms with van der Waals surface area (Å²) in [5.74, 6) is 1.57. The molecule has 4 heteroatoms. The summed E-state index contributed by atoms with van der Waals surface area (Å²) in [5, 5.41) is 3.27. The molecule has 4 aliphatic rings. The fourth-order valence-corrected chi connectivity index (χ4v) is 4.92. The molecule has 0 aromatic rings. The topological polar surface area (TPSA) is 44.7 Å². The lowest BCUT2D eigenvalue weighted by Crippen LogP contribution is -2.55. The van der Waals surface area contributed by atoms with Crippen LogP contribution in [0, 0.1) is 11.8 Å². The third kappa shape index (κ3) is 4.26. The van der Waals surface area contributed by atoms with Gasteiger partial charge in [-0.3, -0.25) is 9.79 Å². The molecule has 0 aromatic heterocycles. The normalized spacial score (nSPS) is 31.1. The van der Waals surface area contributed by atoms with Gasteiger partial charge in [0, 0.05) is 11.6 Å². The first-order chi connectivity index (χ1) is 13.2. The van der Waals surface area contributed by atoms with Gasteiger partial charge in [-0.2, -0.15) is 0 Å². The van der Waals surface area contributed by atoms with Crippen LogP contribution in [0.25, 0.3) is 0 Å². The van der Waals surface area contributed by atoms with Gasteiger partial charge in [0.25, 0.3) is 0 Å². The maximum Gasteiger partial charge on any atom is 0.244 e. The average molecular weight is 368 g/mol. The van der Waals surface area contributed by atoms with E-state index in [-0.39, 0.29) is 11.9 Å². The number of nitrogens with zero attached hydrogens (tertiary/aromatic N) is 2. The van der Waals surface area contributed by atoms with E-state index in [1.807, 2.05) is 4.90 Å². The summed E-state index contributed by atoms with van der Waals surface area (Å²) in [6, 6.07) is 0.310. The second-order valence-corrected chi connectivity index (χ2v) is 8.54. The summed E-state index contributed by atoms with van der Waals surface area (Å²) in [7, 11) is 0. The molecule has 4 nitrogen and oxygen atoms in total. The number of carbonyl (C=O) groups is 1. The van der Waals surface area contributed by atoms with Crippen molar-refractivity contribution in [3.63, 3.8) is 0 Å². The fraction of sp³-hybridized carbons (Fsp3) is 0.652.